The molecule has 26 heavy (non-hydrogen) atoms. The number of amides is 1. The second kappa shape index (κ2) is 7.78. The Balaban J connectivity index is 1.83. The molecule has 1 heterocycles. The van der Waals surface area contributed by atoms with E-state index in [1.165, 1.54) is 17.0 Å². The Bertz CT molecular complexity index is 964. The number of nitrogens with zero attached hydrogens (tertiary/aromatic N) is 3. The van der Waals surface area contributed by atoms with Gasteiger partial charge in [0, 0.05) is 23.9 Å². The van der Waals surface area contributed by atoms with Gasteiger partial charge in [-0.2, -0.15) is 0 Å². The number of aromatic nitrogens is 2. The van der Waals surface area contributed by atoms with Crippen molar-refractivity contribution in [3.63, 3.8) is 0 Å². The molecule has 5 nitrogen and oxygen atoms in total. The molecule has 0 aliphatic carbocycles. The summed E-state index contributed by atoms with van der Waals surface area (Å²) in [5.41, 5.74) is 3.12. The van der Waals surface area contributed by atoms with Gasteiger partial charge in [0.2, 0.25) is 5.91 Å². The SMILES string of the molecule is CCN(C(=O)Cn1cnc(-c2ccccc2)cc1=O)c1ccccc1C. The van der Waals surface area contributed by atoms with E-state index in [4.69, 9.17) is 0 Å². The van der Waals surface area contributed by atoms with Gasteiger partial charge in [0.05, 0.1) is 12.0 Å². The van der Waals surface area contributed by atoms with Gasteiger partial charge in [-0.05, 0) is 25.5 Å². The fourth-order valence-electron chi connectivity index (χ4n) is 2.89. The second-order valence-electron chi connectivity index (χ2n) is 6.03. The fourth-order valence-corrected chi connectivity index (χ4v) is 2.89. The van der Waals surface area contributed by atoms with Gasteiger partial charge in [-0.1, -0.05) is 48.5 Å². The van der Waals surface area contributed by atoms with Crippen molar-refractivity contribution in [1.29, 1.82) is 0 Å². The van der Waals surface area contributed by atoms with E-state index in [-0.39, 0.29) is 18.0 Å². The molecular formula is C21H21N3O2. The van der Waals surface area contributed by atoms with Crippen molar-refractivity contribution in [2.24, 2.45) is 0 Å². The molecule has 0 aliphatic heterocycles. The highest BCUT2D eigenvalue weighted by Gasteiger charge is 2.16. The molecule has 0 atom stereocenters. The van der Waals surface area contributed by atoms with Crippen LogP contribution in [-0.4, -0.2) is 22.0 Å². The number of hydrogen-bond acceptors (Lipinski definition) is 3. The Morgan fingerprint density at radius 3 is 2.42 bits per heavy atom. The molecule has 132 valence electrons. The number of anilines is 1. The van der Waals surface area contributed by atoms with Gasteiger partial charge in [0.25, 0.3) is 5.56 Å². The zero-order valence-corrected chi connectivity index (χ0v) is 14.9. The van der Waals surface area contributed by atoms with Crippen LogP contribution >= 0.6 is 0 Å². The third kappa shape index (κ3) is 3.72. The molecular weight excluding hydrogens is 326 g/mol. The molecule has 0 spiro atoms. The van der Waals surface area contributed by atoms with E-state index >= 15 is 0 Å². The van der Waals surface area contributed by atoms with Gasteiger partial charge in [0.1, 0.15) is 6.54 Å². The van der Waals surface area contributed by atoms with Gasteiger partial charge in [-0.3, -0.25) is 14.2 Å². The standard InChI is InChI=1S/C21H21N3O2/c1-3-24(19-12-8-7-9-16(19)2)21(26)14-23-15-22-18(13-20(23)25)17-10-5-4-6-11-17/h4-13,15H,3,14H2,1-2H3. The fraction of sp³-hybridized carbons (Fsp3) is 0.190. The quantitative estimate of drug-likeness (QED) is 0.712. The lowest BCUT2D eigenvalue weighted by atomic mass is 10.1. The smallest absolute Gasteiger partial charge is 0.254 e. The zero-order valence-electron chi connectivity index (χ0n) is 14.9. The topological polar surface area (TPSA) is 55.2 Å². The Hall–Kier alpha value is -3.21. The molecule has 3 rings (SSSR count). The number of aryl methyl sites for hydroxylation is 1. The Morgan fingerprint density at radius 1 is 1.08 bits per heavy atom. The number of carbonyl (C=O) groups excluding carboxylic acids is 1. The van der Waals surface area contributed by atoms with Gasteiger partial charge in [-0.25, -0.2) is 4.98 Å². The van der Waals surface area contributed by atoms with Crippen molar-refractivity contribution in [3.05, 3.63) is 82.9 Å². The van der Waals surface area contributed by atoms with Crippen molar-refractivity contribution >= 4 is 11.6 Å². The average molecular weight is 347 g/mol. The van der Waals surface area contributed by atoms with Crippen LogP contribution in [0.3, 0.4) is 0 Å². The summed E-state index contributed by atoms with van der Waals surface area (Å²) in [5.74, 6) is -0.141. The Labute approximate surface area is 152 Å². The maximum atomic E-state index is 12.7. The van der Waals surface area contributed by atoms with Crippen LogP contribution in [0.1, 0.15) is 12.5 Å². The number of para-hydroxylation sites is 1. The molecule has 3 aromatic rings. The molecule has 1 aromatic heterocycles. The van der Waals surface area contributed by atoms with E-state index < -0.39 is 0 Å². The van der Waals surface area contributed by atoms with E-state index in [0.29, 0.717) is 12.2 Å². The normalized spacial score (nSPS) is 10.5. The first-order chi connectivity index (χ1) is 12.6. The second-order valence-corrected chi connectivity index (χ2v) is 6.03. The third-order valence-corrected chi connectivity index (χ3v) is 4.28. The molecule has 0 N–H and O–H groups in total. The summed E-state index contributed by atoms with van der Waals surface area (Å²) in [5, 5.41) is 0. The van der Waals surface area contributed by atoms with E-state index in [9.17, 15) is 9.59 Å². The molecule has 0 saturated carbocycles. The first-order valence-corrected chi connectivity index (χ1v) is 8.58. The number of rotatable bonds is 5. The molecule has 2 aromatic carbocycles. The minimum absolute atomic E-state index is 0.0386. The number of carbonyl (C=O) groups is 1. The molecule has 1 amide bonds. The van der Waals surface area contributed by atoms with Crippen molar-refractivity contribution in [2.45, 2.75) is 20.4 Å². The Kier molecular flexibility index (Phi) is 5.27. The van der Waals surface area contributed by atoms with Crippen molar-refractivity contribution in [1.82, 2.24) is 9.55 Å². The maximum Gasteiger partial charge on any atom is 0.254 e. The highest BCUT2D eigenvalue weighted by atomic mass is 16.2. The first kappa shape index (κ1) is 17.6. The van der Waals surface area contributed by atoms with Crippen LogP contribution in [0.2, 0.25) is 0 Å². The van der Waals surface area contributed by atoms with E-state index in [1.54, 1.807) is 4.90 Å². The summed E-state index contributed by atoms with van der Waals surface area (Å²) < 4.78 is 1.34. The summed E-state index contributed by atoms with van der Waals surface area (Å²) in [6.45, 7) is 4.38. The summed E-state index contributed by atoms with van der Waals surface area (Å²) in [4.78, 5) is 31.2. The predicted molar refractivity (Wildman–Crippen MR) is 103 cm³/mol. The highest BCUT2D eigenvalue weighted by Crippen LogP contribution is 2.19. The number of hydrogen-bond donors (Lipinski definition) is 0. The first-order valence-electron chi connectivity index (χ1n) is 8.58. The predicted octanol–water partition coefficient (Wildman–Crippen LogP) is 3.27. The third-order valence-electron chi connectivity index (χ3n) is 4.28. The lowest BCUT2D eigenvalue weighted by Crippen LogP contribution is -2.36. The highest BCUT2D eigenvalue weighted by molar-refractivity contribution is 5.93. The van der Waals surface area contributed by atoms with Crippen molar-refractivity contribution in [3.8, 4) is 11.3 Å². The number of benzene rings is 2. The van der Waals surface area contributed by atoms with Gasteiger partial charge in [0.15, 0.2) is 0 Å². The van der Waals surface area contributed by atoms with Gasteiger partial charge < -0.3 is 4.90 Å². The van der Waals surface area contributed by atoms with E-state index in [0.717, 1.165) is 16.8 Å². The van der Waals surface area contributed by atoms with Gasteiger partial charge >= 0.3 is 0 Å². The maximum absolute atomic E-state index is 12.7. The van der Waals surface area contributed by atoms with Gasteiger partial charge in [-0.15, -0.1) is 0 Å². The average Bonchev–Trinajstić information content (AvgIpc) is 2.66. The minimum Gasteiger partial charge on any atom is -0.311 e. The summed E-state index contributed by atoms with van der Waals surface area (Å²) in [6.07, 6.45) is 1.44. The summed E-state index contributed by atoms with van der Waals surface area (Å²) in [6, 6.07) is 18.7. The van der Waals surface area contributed by atoms with Crippen LogP contribution in [0.5, 0.6) is 0 Å². The summed E-state index contributed by atoms with van der Waals surface area (Å²) >= 11 is 0. The lowest BCUT2D eigenvalue weighted by molar-refractivity contribution is -0.119. The minimum atomic E-state index is -0.243. The monoisotopic (exact) mass is 347 g/mol. The van der Waals surface area contributed by atoms with Crippen LogP contribution in [0.15, 0.2) is 71.8 Å². The van der Waals surface area contributed by atoms with E-state index in [1.807, 2.05) is 68.4 Å². The van der Waals surface area contributed by atoms with Crippen LogP contribution < -0.4 is 10.5 Å². The molecule has 5 heteroatoms. The van der Waals surface area contributed by atoms with E-state index in [2.05, 4.69) is 4.98 Å². The van der Waals surface area contributed by atoms with Crippen LogP contribution in [0.4, 0.5) is 5.69 Å². The van der Waals surface area contributed by atoms with Crippen molar-refractivity contribution in [2.75, 3.05) is 11.4 Å². The molecule has 0 bridgehead atoms. The molecule has 0 radical (unpaired) electrons. The van der Waals surface area contributed by atoms with Crippen LogP contribution in [-0.2, 0) is 11.3 Å². The summed E-state index contributed by atoms with van der Waals surface area (Å²) in [7, 11) is 0. The molecule has 0 aliphatic rings. The number of likely N-dealkylation sites (N-methyl/N-ethyl adjacent to an activating group) is 1. The zero-order chi connectivity index (χ0) is 18.5. The lowest BCUT2D eigenvalue weighted by Gasteiger charge is -2.23. The molecule has 0 unspecified atom stereocenters. The van der Waals surface area contributed by atoms with Crippen LogP contribution in [0.25, 0.3) is 11.3 Å². The van der Waals surface area contributed by atoms with Crippen LogP contribution in [0, 0.1) is 6.92 Å². The largest absolute Gasteiger partial charge is 0.311 e. The molecule has 0 saturated heterocycles. The van der Waals surface area contributed by atoms with Crippen molar-refractivity contribution < 1.29 is 4.79 Å². The Morgan fingerprint density at radius 2 is 1.77 bits per heavy atom. The molecule has 0 fully saturated rings.